The summed E-state index contributed by atoms with van der Waals surface area (Å²) < 4.78 is 25.1. The monoisotopic (exact) mass is 310 g/mol. The third kappa shape index (κ3) is 4.45. The Kier molecular flexibility index (Phi) is 5.65. The Morgan fingerprint density at radius 3 is 2.33 bits per heavy atom. The maximum Gasteiger partial charge on any atom is 0.242 e. The van der Waals surface area contributed by atoms with Crippen LogP contribution in [0.25, 0.3) is 0 Å². The van der Waals surface area contributed by atoms with E-state index in [1.54, 1.807) is 26.2 Å². The third-order valence-electron chi connectivity index (χ3n) is 4.23. The van der Waals surface area contributed by atoms with E-state index in [9.17, 15) is 8.42 Å². The first-order valence-corrected chi connectivity index (χ1v) is 9.20. The lowest BCUT2D eigenvalue weighted by Crippen LogP contribution is -2.22. The van der Waals surface area contributed by atoms with E-state index in [1.807, 2.05) is 12.1 Å². The molecule has 118 valence electrons. The summed E-state index contributed by atoms with van der Waals surface area (Å²) >= 11 is 0. The van der Waals surface area contributed by atoms with Gasteiger partial charge in [-0.25, -0.2) is 12.7 Å². The van der Waals surface area contributed by atoms with E-state index >= 15 is 0 Å². The van der Waals surface area contributed by atoms with Crippen molar-refractivity contribution in [2.75, 3.05) is 26.0 Å². The van der Waals surface area contributed by atoms with Crippen LogP contribution < -0.4 is 5.32 Å². The maximum atomic E-state index is 12.0. The summed E-state index contributed by atoms with van der Waals surface area (Å²) in [4.78, 5) is 0.337. The van der Waals surface area contributed by atoms with Gasteiger partial charge >= 0.3 is 0 Å². The summed E-state index contributed by atoms with van der Waals surface area (Å²) in [6.45, 7) is 0.955. The van der Waals surface area contributed by atoms with Crippen LogP contribution in [-0.4, -0.2) is 33.4 Å². The van der Waals surface area contributed by atoms with Gasteiger partial charge in [-0.2, -0.15) is 0 Å². The van der Waals surface area contributed by atoms with Crippen molar-refractivity contribution in [1.29, 1.82) is 0 Å². The second-order valence-electron chi connectivity index (χ2n) is 6.03. The smallest absolute Gasteiger partial charge is 0.242 e. The zero-order valence-corrected chi connectivity index (χ0v) is 13.8. The summed E-state index contributed by atoms with van der Waals surface area (Å²) in [5, 5.41) is 3.37. The highest BCUT2D eigenvalue weighted by Gasteiger charge is 2.16. The quantitative estimate of drug-likeness (QED) is 0.786. The molecule has 0 unspecified atom stereocenters. The highest BCUT2D eigenvalue weighted by atomic mass is 32.2. The molecule has 0 bridgehead atoms. The number of nitrogens with one attached hydrogen (secondary N) is 1. The van der Waals surface area contributed by atoms with Crippen LogP contribution in [0.4, 0.5) is 5.69 Å². The van der Waals surface area contributed by atoms with E-state index in [4.69, 9.17) is 0 Å². The Morgan fingerprint density at radius 1 is 1.14 bits per heavy atom. The minimum absolute atomic E-state index is 0.337. The molecule has 1 aromatic carbocycles. The van der Waals surface area contributed by atoms with Crippen LogP contribution in [0.5, 0.6) is 0 Å². The number of nitrogens with zero attached hydrogens (tertiary/aromatic N) is 1. The van der Waals surface area contributed by atoms with Crippen LogP contribution in [0, 0.1) is 5.92 Å². The van der Waals surface area contributed by atoms with E-state index in [2.05, 4.69) is 5.32 Å². The lowest BCUT2D eigenvalue weighted by molar-refractivity contribution is 0.491. The Labute approximate surface area is 128 Å². The zero-order valence-electron chi connectivity index (χ0n) is 13.0. The van der Waals surface area contributed by atoms with Gasteiger partial charge in [0, 0.05) is 26.3 Å². The summed E-state index contributed by atoms with van der Waals surface area (Å²) in [6.07, 6.45) is 8.09. The molecular weight excluding hydrogens is 284 g/mol. The van der Waals surface area contributed by atoms with E-state index in [1.165, 1.54) is 42.8 Å². The molecule has 0 aliphatic heterocycles. The molecule has 5 heteroatoms. The lowest BCUT2D eigenvalue weighted by Gasteiger charge is -2.13. The predicted molar refractivity (Wildman–Crippen MR) is 87.0 cm³/mol. The molecule has 2 rings (SSSR count). The van der Waals surface area contributed by atoms with Crippen molar-refractivity contribution in [3.8, 4) is 0 Å². The van der Waals surface area contributed by atoms with Crippen molar-refractivity contribution in [1.82, 2.24) is 4.31 Å². The summed E-state index contributed by atoms with van der Waals surface area (Å²) in [6, 6.07) is 7.00. The molecule has 1 fully saturated rings. The Balaban J connectivity index is 1.79. The molecule has 1 aliphatic rings. The average Bonchev–Trinajstić information content (AvgIpc) is 2.97. The predicted octanol–water partition coefficient (Wildman–Crippen LogP) is 3.32. The van der Waals surface area contributed by atoms with Gasteiger partial charge < -0.3 is 5.32 Å². The van der Waals surface area contributed by atoms with Gasteiger partial charge in [0.15, 0.2) is 0 Å². The third-order valence-corrected chi connectivity index (χ3v) is 6.06. The number of rotatable bonds is 7. The molecule has 0 saturated heterocycles. The molecule has 4 nitrogen and oxygen atoms in total. The average molecular weight is 310 g/mol. The molecule has 0 atom stereocenters. The van der Waals surface area contributed by atoms with Crippen molar-refractivity contribution in [2.45, 2.75) is 43.4 Å². The molecule has 0 heterocycles. The second-order valence-corrected chi connectivity index (χ2v) is 8.18. The van der Waals surface area contributed by atoms with Gasteiger partial charge in [-0.1, -0.05) is 25.7 Å². The van der Waals surface area contributed by atoms with Crippen LogP contribution in [-0.2, 0) is 10.0 Å². The fourth-order valence-electron chi connectivity index (χ4n) is 2.88. The minimum atomic E-state index is -3.32. The van der Waals surface area contributed by atoms with Crippen molar-refractivity contribution in [3.63, 3.8) is 0 Å². The van der Waals surface area contributed by atoms with Crippen LogP contribution in [0.2, 0.25) is 0 Å². The number of hydrogen-bond donors (Lipinski definition) is 1. The number of benzene rings is 1. The number of sulfonamides is 1. The van der Waals surface area contributed by atoms with Crippen LogP contribution in [0.3, 0.4) is 0 Å². The summed E-state index contributed by atoms with van der Waals surface area (Å²) in [5.41, 5.74) is 0.985. The van der Waals surface area contributed by atoms with Gasteiger partial charge in [0.2, 0.25) is 10.0 Å². The molecule has 1 aromatic rings. The summed E-state index contributed by atoms with van der Waals surface area (Å²) in [7, 11) is -0.232. The van der Waals surface area contributed by atoms with Gasteiger partial charge in [0.25, 0.3) is 0 Å². The number of hydrogen-bond acceptors (Lipinski definition) is 3. The molecule has 0 amide bonds. The van der Waals surface area contributed by atoms with Crippen molar-refractivity contribution < 1.29 is 8.42 Å². The molecule has 1 saturated carbocycles. The second kappa shape index (κ2) is 7.27. The van der Waals surface area contributed by atoms with Crippen LogP contribution >= 0.6 is 0 Å². The molecule has 1 N–H and O–H groups in total. The first-order valence-electron chi connectivity index (χ1n) is 7.76. The molecule has 0 aromatic heterocycles. The minimum Gasteiger partial charge on any atom is -0.385 e. The molecule has 1 aliphatic carbocycles. The van der Waals surface area contributed by atoms with Gasteiger partial charge in [-0.15, -0.1) is 0 Å². The first-order chi connectivity index (χ1) is 10.00. The number of anilines is 1. The SMILES string of the molecule is CN(C)S(=O)(=O)c1ccc(NCCCC2CCCC2)cc1. The van der Waals surface area contributed by atoms with Gasteiger partial charge in [-0.05, 0) is 43.0 Å². The van der Waals surface area contributed by atoms with E-state index in [0.717, 1.165) is 18.2 Å². The molecule has 0 radical (unpaired) electrons. The molecule has 0 spiro atoms. The summed E-state index contributed by atoms with van der Waals surface area (Å²) in [5.74, 6) is 0.930. The van der Waals surface area contributed by atoms with Crippen molar-refractivity contribution >= 4 is 15.7 Å². The highest BCUT2D eigenvalue weighted by molar-refractivity contribution is 7.89. The maximum absolute atomic E-state index is 12.0. The van der Waals surface area contributed by atoms with Gasteiger partial charge in [0.05, 0.1) is 4.90 Å². The van der Waals surface area contributed by atoms with Crippen molar-refractivity contribution in [3.05, 3.63) is 24.3 Å². The fourth-order valence-corrected chi connectivity index (χ4v) is 3.78. The zero-order chi connectivity index (χ0) is 15.3. The standard InChI is InChI=1S/C16H26N2O2S/c1-18(2)21(19,20)16-11-9-15(10-12-16)17-13-5-8-14-6-3-4-7-14/h9-12,14,17H,3-8,13H2,1-2H3. The lowest BCUT2D eigenvalue weighted by atomic mass is 10.0. The first kappa shape index (κ1) is 16.3. The molecular formula is C16H26N2O2S. The Morgan fingerprint density at radius 2 is 1.76 bits per heavy atom. The van der Waals surface area contributed by atoms with Crippen molar-refractivity contribution in [2.24, 2.45) is 5.92 Å². The highest BCUT2D eigenvalue weighted by Crippen LogP contribution is 2.28. The normalized spacial score (nSPS) is 16.5. The van der Waals surface area contributed by atoms with Gasteiger partial charge in [-0.3, -0.25) is 0 Å². The topological polar surface area (TPSA) is 49.4 Å². The van der Waals surface area contributed by atoms with E-state index in [-0.39, 0.29) is 0 Å². The molecule has 21 heavy (non-hydrogen) atoms. The van der Waals surface area contributed by atoms with Crippen LogP contribution in [0.1, 0.15) is 38.5 Å². The van der Waals surface area contributed by atoms with Gasteiger partial charge in [0.1, 0.15) is 0 Å². The van der Waals surface area contributed by atoms with Crippen LogP contribution in [0.15, 0.2) is 29.2 Å². The Hall–Kier alpha value is -1.07. The largest absolute Gasteiger partial charge is 0.385 e. The fraction of sp³-hybridized carbons (Fsp3) is 0.625. The van der Waals surface area contributed by atoms with E-state index < -0.39 is 10.0 Å². The Bertz CT molecular complexity index is 532. The van der Waals surface area contributed by atoms with E-state index in [0.29, 0.717) is 4.90 Å².